The van der Waals surface area contributed by atoms with E-state index in [-0.39, 0.29) is 6.04 Å². The lowest BCUT2D eigenvalue weighted by Crippen LogP contribution is -2.29. The Labute approximate surface area is 117 Å². The van der Waals surface area contributed by atoms with Crippen LogP contribution in [0.4, 0.5) is 5.69 Å². The minimum absolute atomic E-state index is 0.110. The van der Waals surface area contributed by atoms with Gasteiger partial charge in [0.05, 0.1) is 0 Å². The third kappa shape index (κ3) is 2.51. The van der Waals surface area contributed by atoms with Gasteiger partial charge in [0.15, 0.2) is 0 Å². The first-order valence-corrected chi connectivity index (χ1v) is 7.70. The zero-order valence-electron chi connectivity index (χ0n) is 12.2. The molecule has 2 aliphatic carbocycles. The fraction of sp³-hybridized carbons (Fsp3) is 0.647. The van der Waals surface area contributed by atoms with Crippen LogP contribution in [-0.2, 0) is 0 Å². The Kier molecular flexibility index (Phi) is 3.53. The SMILES string of the molecule is C[C@H](N)c1ccccc1N(C)CC1CC2CCC1C2. The Morgan fingerprint density at radius 3 is 2.68 bits per heavy atom. The molecule has 0 spiro atoms. The Morgan fingerprint density at radius 2 is 2.05 bits per heavy atom. The van der Waals surface area contributed by atoms with Crippen molar-refractivity contribution in [1.29, 1.82) is 0 Å². The van der Waals surface area contributed by atoms with Crippen LogP contribution in [0.25, 0.3) is 0 Å². The van der Waals surface area contributed by atoms with Gasteiger partial charge in [0.2, 0.25) is 0 Å². The van der Waals surface area contributed by atoms with Crippen molar-refractivity contribution in [3.63, 3.8) is 0 Å². The molecule has 1 aromatic rings. The molecule has 2 nitrogen and oxygen atoms in total. The number of rotatable bonds is 4. The van der Waals surface area contributed by atoms with Gasteiger partial charge in [0.1, 0.15) is 0 Å². The molecule has 0 aliphatic heterocycles. The first-order valence-electron chi connectivity index (χ1n) is 7.70. The molecule has 0 radical (unpaired) electrons. The molecule has 3 unspecified atom stereocenters. The van der Waals surface area contributed by atoms with Gasteiger partial charge < -0.3 is 10.6 Å². The lowest BCUT2D eigenvalue weighted by Gasteiger charge is -2.30. The van der Waals surface area contributed by atoms with Crippen LogP contribution in [0.1, 0.15) is 44.2 Å². The number of hydrogen-bond donors (Lipinski definition) is 1. The number of para-hydroxylation sites is 1. The number of hydrogen-bond acceptors (Lipinski definition) is 2. The van der Waals surface area contributed by atoms with E-state index < -0.39 is 0 Å². The van der Waals surface area contributed by atoms with Gasteiger partial charge in [-0.3, -0.25) is 0 Å². The highest BCUT2D eigenvalue weighted by atomic mass is 15.1. The highest BCUT2D eigenvalue weighted by molar-refractivity contribution is 5.54. The maximum atomic E-state index is 6.09. The van der Waals surface area contributed by atoms with E-state index in [1.54, 1.807) is 0 Å². The maximum absolute atomic E-state index is 6.09. The van der Waals surface area contributed by atoms with Crippen LogP contribution in [0.3, 0.4) is 0 Å². The fourth-order valence-electron chi connectivity index (χ4n) is 4.27. The molecular formula is C17H26N2. The molecule has 0 heterocycles. The Morgan fingerprint density at radius 1 is 1.26 bits per heavy atom. The minimum Gasteiger partial charge on any atom is -0.374 e. The van der Waals surface area contributed by atoms with E-state index in [0.717, 1.165) is 17.8 Å². The Bertz CT molecular complexity index is 441. The van der Waals surface area contributed by atoms with Gasteiger partial charge in [-0.25, -0.2) is 0 Å². The number of fused-ring (bicyclic) bond motifs is 2. The molecule has 19 heavy (non-hydrogen) atoms. The molecule has 2 bridgehead atoms. The predicted octanol–water partition coefficient (Wildman–Crippen LogP) is 3.58. The van der Waals surface area contributed by atoms with Crippen LogP contribution in [0.15, 0.2) is 24.3 Å². The smallest absolute Gasteiger partial charge is 0.0412 e. The molecule has 1 aromatic carbocycles. The molecule has 2 fully saturated rings. The summed E-state index contributed by atoms with van der Waals surface area (Å²) in [6.07, 6.45) is 5.90. The van der Waals surface area contributed by atoms with Gasteiger partial charge in [0, 0.05) is 25.3 Å². The van der Waals surface area contributed by atoms with Crippen molar-refractivity contribution in [1.82, 2.24) is 0 Å². The van der Waals surface area contributed by atoms with E-state index in [1.807, 2.05) is 0 Å². The van der Waals surface area contributed by atoms with E-state index in [2.05, 4.69) is 43.1 Å². The molecule has 0 amide bonds. The van der Waals surface area contributed by atoms with E-state index in [1.165, 1.54) is 43.5 Å². The van der Waals surface area contributed by atoms with Gasteiger partial charge in [-0.05, 0) is 55.6 Å². The number of benzene rings is 1. The van der Waals surface area contributed by atoms with Crippen LogP contribution in [0.2, 0.25) is 0 Å². The molecule has 2 heteroatoms. The van der Waals surface area contributed by atoms with Crippen molar-refractivity contribution in [2.24, 2.45) is 23.5 Å². The maximum Gasteiger partial charge on any atom is 0.0412 e. The quantitative estimate of drug-likeness (QED) is 0.894. The standard InChI is InChI=1S/C17H26N2/c1-12(18)16-5-3-4-6-17(16)19(2)11-15-10-13-7-8-14(15)9-13/h3-6,12-15H,7-11,18H2,1-2H3/t12-,13?,14?,15?/m0/s1. The van der Waals surface area contributed by atoms with Gasteiger partial charge in [-0.2, -0.15) is 0 Å². The Balaban J connectivity index is 1.72. The van der Waals surface area contributed by atoms with Crippen molar-refractivity contribution in [2.45, 2.75) is 38.6 Å². The second kappa shape index (κ2) is 5.16. The molecule has 0 aromatic heterocycles. The lowest BCUT2D eigenvalue weighted by molar-refractivity contribution is 0.337. The summed E-state index contributed by atoms with van der Waals surface area (Å²) in [7, 11) is 2.23. The number of nitrogens with two attached hydrogens (primary N) is 1. The average molecular weight is 258 g/mol. The molecule has 104 valence electrons. The predicted molar refractivity (Wildman–Crippen MR) is 81.3 cm³/mol. The number of nitrogens with zero attached hydrogens (tertiary/aromatic N) is 1. The van der Waals surface area contributed by atoms with Crippen molar-refractivity contribution in [3.05, 3.63) is 29.8 Å². The topological polar surface area (TPSA) is 29.3 Å². The molecule has 4 atom stereocenters. The summed E-state index contributed by atoms with van der Waals surface area (Å²) in [4.78, 5) is 2.43. The summed E-state index contributed by atoms with van der Waals surface area (Å²) in [5.74, 6) is 2.94. The molecule has 2 aliphatic rings. The van der Waals surface area contributed by atoms with E-state index in [4.69, 9.17) is 5.73 Å². The van der Waals surface area contributed by atoms with Gasteiger partial charge in [0.25, 0.3) is 0 Å². The van der Waals surface area contributed by atoms with E-state index >= 15 is 0 Å². The average Bonchev–Trinajstić information content (AvgIpc) is 3.01. The van der Waals surface area contributed by atoms with Gasteiger partial charge >= 0.3 is 0 Å². The van der Waals surface area contributed by atoms with Gasteiger partial charge in [-0.1, -0.05) is 24.6 Å². The Hall–Kier alpha value is -1.02. The van der Waals surface area contributed by atoms with Crippen LogP contribution in [0, 0.1) is 17.8 Å². The first kappa shape index (κ1) is 13.0. The van der Waals surface area contributed by atoms with Crippen LogP contribution in [-0.4, -0.2) is 13.6 Å². The summed E-state index contributed by atoms with van der Waals surface area (Å²) in [6, 6.07) is 8.70. The monoisotopic (exact) mass is 258 g/mol. The van der Waals surface area contributed by atoms with Crippen LogP contribution >= 0.6 is 0 Å². The van der Waals surface area contributed by atoms with Crippen molar-refractivity contribution in [3.8, 4) is 0 Å². The van der Waals surface area contributed by atoms with Crippen molar-refractivity contribution >= 4 is 5.69 Å². The van der Waals surface area contributed by atoms with E-state index in [9.17, 15) is 0 Å². The molecule has 2 saturated carbocycles. The zero-order chi connectivity index (χ0) is 13.4. The number of anilines is 1. The van der Waals surface area contributed by atoms with Crippen LogP contribution < -0.4 is 10.6 Å². The second-order valence-corrected chi connectivity index (χ2v) is 6.66. The molecule has 2 N–H and O–H groups in total. The summed E-state index contributed by atoms with van der Waals surface area (Å²) in [6.45, 7) is 3.27. The minimum atomic E-state index is 0.110. The third-order valence-electron chi connectivity index (χ3n) is 5.23. The third-order valence-corrected chi connectivity index (χ3v) is 5.23. The lowest BCUT2D eigenvalue weighted by atomic mass is 9.88. The van der Waals surface area contributed by atoms with Gasteiger partial charge in [-0.15, -0.1) is 0 Å². The summed E-state index contributed by atoms with van der Waals surface area (Å²) >= 11 is 0. The summed E-state index contributed by atoms with van der Waals surface area (Å²) in [5.41, 5.74) is 8.69. The second-order valence-electron chi connectivity index (χ2n) is 6.66. The zero-order valence-corrected chi connectivity index (χ0v) is 12.2. The highest BCUT2D eigenvalue weighted by Crippen LogP contribution is 2.48. The van der Waals surface area contributed by atoms with Crippen molar-refractivity contribution < 1.29 is 0 Å². The molecule has 0 saturated heterocycles. The first-order chi connectivity index (χ1) is 9.15. The fourth-order valence-corrected chi connectivity index (χ4v) is 4.27. The largest absolute Gasteiger partial charge is 0.374 e. The summed E-state index contributed by atoms with van der Waals surface area (Å²) in [5, 5.41) is 0. The van der Waals surface area contributed by atoms with Crippen molar-refractivity contribution in [2.75, 3.05) is 18.5 Å². The molecular weight excluding hydrogens is 232 g/mol. The van der Waals surface area contributed by atoms with E-state index in [0.29, 0.717) is 0 Å². The molecule has 3 rings (SSSR count). The highest BCUT2D eigenvalue weighted by Gasteiger charge is 2.39. The van der Waals surface area contributed by atoms with Crippen LogP contribution in [0.5, 0.6) is 0 Å². The summed E-state index contributed by atoms with van der Waals surface area (Å²) < 4.78 is 0. The normalized spacial score (nSPS) is 30.6.